The van der Waals surface area contributed by atoms with Crippen molar-refractivity contribution in [2.75, 3.05) is 0 Å². The quantitative estimate of drug-likeness (QED) is 0.489. The lowest BCUT2D eigenvalue weighted by molar-refractivity contribution is -0.385. The van der Waals surface area contributed by atoms with Crippen molar-refractivity contribution in [3.8, 4) is 0 Å². The van der Waals surface area contributed by atoms with Crippen molar-refractivity contribution in [2.45, 2.75) is 12.8 Å². The molecule has 0 fully saturated rings. The van der Waals surface area contributed by atoms with Crippen LogP contribution in [0.5, 0.6) is 0 Å². The number of hydrogen-bond acceptors (Lipinski definition) is 4. The molecule has 1 unspecified atom stereocenters. The van der Waals surface area contributed by atoms with Gasteiger partial charge in [-0.15, -0.1) is 0 Å². The first kappa shape index (κ1) is 14.1. The second-order valence-corrected chi connectivity index (χ2v) is 4.70. The highest BCUT2D eigenvalue weighted by molar-refractivity contribution is 6.31. The summed E-state index contributed by atoms with van der Waals surface area (Å²) >= 11 is 5.73. The van der Waals surface area contributed by atoms with Gasteiger partial charge in [0.15, 0.2) is 5.78 Å². The molecular weight excluding hydrogens is 280 g/mol. The first-order valence-corrected chi connectivity index (χ1v) is 6.27. The van der Waals surface area contributed by atoms with Crippen molar-refractivity contribution in [3.05, 3.63) is 69.0 Å². The van der Waals surface area contributed by atoms with Crippen LogP contribution in [0.2, 0.25) is 5.02 Å². The number of carbonyl (C=O) groups is 1. The Morgan fingerprint density at radius 1 is 1.35 bits per heavy atom. The average molecular weight is 291 g/mol. The molecule has 2 rings (SSSR count). The van der Waals surface area contributed by atoms with Gasteiger partial charge >= 0.3 is 0 Å². The van der Waals surface area contributed by atoms with Gasteiger partial charge in [0.25, 0.3) is 5.69 Å². The van der Waals surface area contributed by atoms with E-state index >= 15 is 0 Å². The zero-order valence-corrected chi connectivity index (χ0v) is 11.4. The molecule has 0 saturated heterocycles. The van der Waals surface area contributed by atoms with Crippen LogP contribution in [-0.2, 0) is 0 Å². The molecule has 0 aliphatic heterocycles. The third-order valence-electron chi connectivity index (χ3n) is 2.95. The predicted octanol–water partition coefficient (Wildman–Crippen LogP) is 3.63. The van der Waals surface area contributed by atoms with Crippen LogP contribution in [0.3, 0.4) is 0 Å². The number of benzene rings is 1. The minimum absolute atomic E-state index is 0.0394. The number of carbonyl (C=O) groups excluding carboxylic acids is 1. The highest BCUT2D eigenvalue weighted by atomic mass is 35.5. The molecule has 0 N–H and O–H groups in total. The fourth-order valence-corrected chi connectivity index (χ4v) is 2.03. The summed E-state index contributed by atoms with van der Waals surface area (Å²) in [6.07, 6.45) is 1.58. The largest absolute Gasteiger partial charge is 0.293 e. The minimum atomic E-state index is -0.607. The molecule has 0 aliphatic carbocycles. The summed E-state index contributed by atoms with van der Waals surface area (Å²) in [5, 5.41) is 11.2. The first-order valence-electron chi connectivity index (χ1n) is 5.90. The summed E-state index contributed by atoms with van der Waals surface area (Å²) in [7, 11) is 0. The van der Waals surface area contributed by atoms with E-state index in [1.54, 1.807) is 31.3 Å². The molecule has 102 valence electrons. The fraction of sp³-hybridized carbons (Fsp3) is 0.143. The summed E-state index contributed by atoms with van der Waals surface area (Å²) < 4.78 is 0. The van der Waals surface area contributed by atoms with Gasteiger partial charge in [-0.2, -0.15) is 0 Å². The van der Waals surface area contributed by atoms with Crippen molar-refractivity contribution in [1.29, 1.82) is 0 Å². The maximum absolute atomic E-state index is 12.4. The van der Waals surface area contributed by atoms with Gasteiger partial charge < -0.3 is 0 Å². The summed E-state index contributed by atoms with van der Waals surface area (Å²) in [5.41, 5.74) is 0.324. The van der Waals surface area contributed by atoms with Crippen molar-refractivity contribution in [3.63, 3.8) is 0 Å². The summed E-state index contributed by atoms with van der Waals surface area (Å²) in [5.74, 6) is -0.914. The van der Waals surface area contributed by atoms with E-state index in [0.29, 0.717) is 5.69 Å². The van der Waals surface area contributed by atoms with E-state index in [0.717, 1.165) is 0 Å². The van der Waals surface area contributed by atoms with Gasteiger partial charge in [0, 0.05) is 17.3 Å². The maximum atomic E-state index is 12.4. The van der Waals surface area contributed by atoms with E-state index in [9.17, 15) is 14.9 Å². The van der Waals surface area contributed by atoms with E-state index in [4.69, 9.17) is 11.6 Å². The molecule has 0 amide bonds. The molecule has 0 radical (unpaired) electrons. The standard InChI is InChI=1S/C14H11ClN2O3/c1-9(12-4-2-3-7-16-12)14(18)11-6-5-10(15)8-13(11)17(19)20/h2-9H,1H3. The Hall–Kier alpha value is -2.27. The number of halogens is 1. The van der Waals surface area contributed by atoms with E-state index < -0.39 is 10.8 Å². The number of nitro groups is 1. The van der Waals surface area contributed by atoms with Crippen molar-refractivity contribution in [1.82, 2.24) is 4.98 Å². The topological polar surface area (TPSA) is 73.1 Å². The lowest BCUT2D eigenvalue weighted by atomic mass is 9.95. The molecular formula is C14H11ClN2O3. The van der Waals surface area contributed by atoms with Gasteiger partial charge in [-0.25, -0.2) is 0 Å². The highest BCUT2D eigenvalue weighted by Crippen LogP contribution is 2.28. The number of nitro benzene ring substituents is 1. The number of hydrogen-bond donors (Lipinski definition) is 0. The van der Waals surface area contributed by atoms with Gasteiger partial charge in [-0.05, 0) is 31.2 Å². The fourth-order valence-electron chi connectivity index (χ4n) is 1.86. The number of pyridine rings is 1. The zero-order valence-electron chi connectivity index (χ0n) is 10.6. The third-order valence-corrected chi connectivity index (χ3v) is 3.18. The van der Waals surface area contributed by atoms with E-state index in [2.05, 4.69) is 4.98 Å². The van der Waals surface area contributed by atoms with Crippen LogP contribution in [0, 0.1) is 10.1 Å². The molecule has 2 aromatic rings. The van der Waals surface area contributed by atoms with Crippen molar-refractivity contribution >= 4 is 23.1 Å². The number of rotatable bonds is 4. The predicted molar refractivity (Wildman–Crippen MR) is 75.1 cm³/mol. The Bertz CT molecular complexity index is 659. The van der Waals surface area contributed by atoms with Crippen LogP contribution in [0.4, 0.5) is 5.69 Å². The summed E-state index contributed by atoms with van der Waals surface area (Å²) in [4.78, 5) is 26.9. The van der Waals surface area contributed by atoms with Crippen LogP contribution in [0.1, 0.15) is 28.9 Å². The lowest BCUT2D eigenvalue weighted by Crippen LogP contribution is -2.13. The molecule has 1 atom stereocenters. The van der Waals surface area contributed by atoms with Gasteiger partial charge in [-0.3, -0.25) is 19.9 Å². The normalized spacial score (nSPS) is 11.9. The second kappa shape index (κ2) is 5.79. The second-order valence-electron chi connectivity index (χ2n) is 4.26. The monoisotopic (exact) mass is 290 g/mol. The van der Waals surface area contributed by atoms with Crippen LogP contribution in [-0.4, -0.2) is 15.7 Å². The number of Topliss-reactive ketones (excluding diaryl/α,β-unsaturated/α-hetero) is 1. The first-order chi connectivity index (χ1) is 9.50. The Morgan fingerprint density at radius 2 is 2.10 bits per heavy atom. The Balaban J connectivity index is 2.41. The van der Waals surface area contributed by atoms with Gasteiger partial charge in [-0.1, -0.05) is 17.7 Å². The molecule has 0 aliphatic rings. The van der Waals surface area contributed by atoms with Crippen molar-refractivity contribution < 1.29 is 9.72 Å². The molecule has 0 bridgehead atoms. The Morgan fingerprint density at radius 3 is 2.70 bits per heavy atom. The van der Waals surface area contributed by atoms with Crippen LogP contribution >= 0.6 is 11.6 Å². The highest BCUT2D eigenvalue weighted by Gasteiger charge is 2.26. The van der Waals surface area contributed by atoms with Crippen LogP contribution < -0.4 is 0 Å². The van der Waals surface area contributed by atoms with E-state index in [1.807, 2.05) is 0 Å². The van der Waals surface area contributed by atoms with E-state index in [-0.39, 0.29) is 22.1 Å². The third kappa shape index (κ3) is 2.83. The Kier molecular flexibility index (Phi) is 4.10. The van der Waals surface area contributed by atoms with Gasteiger partial charge in [0.05, 0.1) is 22.1 Å². The minimum Gasteiger partial charge on any atom is -0.293 e. The molecule has 1 heterocycles. The summed E-state index contributed by atoms with van der Waals surface area (Å²) in [6, 6.07) is 9.24. The van der Waals surface area contributed by atoms with Crippen LogP contribution in [0.15, 0.2) is 42.6 Å². The number of aromatic nitrogens is 1. The number of nitrogens with zero attached hydrogens (tertiary/aromatic N) is 2. The smallest absolute Gasteiger partial charge is 0.281 e. The van der Waals surface area contributed by atoms with Gasteiger partial charge in [0.1, 0.15) is 0 Å². The molecule has 6 heteroatoms. The van der Waals surface area contributed by atoms with Crippen LogP contribution in [0.25, 0.3) is 0 Å². The zero-order chi connectivity index (χ0) is 14.7. The summed E-state index contributed by atoms with van der Waals surface area (Å²) in [6.45, 7) is 1.67. The lowest BCUT2D eigenvalue weighted by Gasteiger charge is -2.10. The maximum Gasteiger partial charge on any atom is 0.281 e. The molecule has 0 spiro atoms. The molecule has 1 aromatic carbocycles. The Labute approximate surface area is 120 Å². The molecule has 1 aromatic heterocycles. The van der Waals surface area contributed by atoms with Gasteiger partial charge in [0.2, 0.25) is 0 Å². The molecule has 0 saturated carbocycles. The van der Waals surface area contributed by atoms with E-state index in [1.165, 1.54) is 18.2 Å². The molecule has 20 heavy (non-hydrogen) atoms. The number of ketones is 1. The van der Waals surface area contributed by atoms with Crippen molar-refractivity contribution in [2.24, 2.45) is 0 Å². The average Bonchev–Trinajstić information content (AvgIpc) is 2.46. The molecule has 5 nitrogen and oxygen atoms in total. The SMILES string of the molecule is CC(C(=O)c1ccc(Cl)cc1[N+](=O)[O-])c1ccccn1.